The SMILES string of the molecule is CS(=O)(=O)O[C@H]1C[C@@H](C(=O)N2CCN(CCO)CC2)N(C(=O)OCc2ccc([N+](=O)[O-])cc2)C1. The third-order valence-electron chi connectivity index (χ3n) is 5.70. The van der Waals surface area contributed by atoms with Gasteiger partial charge in [0.05, 0.1) is 30.4 Å². The maximum atomic E-state index is 13.2. The quantitative estimate of drug-likeness (QED) is 0.287. The van der Waals surface area contributed by atoms with Gasteiger partial charge in [0.2, 0.25) is 5.91 Å². The highest BCUT2D eigenvalue weighted by Gasteiger charge is 2.44. The summed E-state index contributed by atoms with van der Waals surface area (Å²) in [5.41, 5.74) is 0.421. The maximum absolute atomic E-state index is 13.2. The van der Waals surface area contributed by atoms with Crippen molar-refractivity contribution < 1.29 is 37.0 Å². The summed E-state index contributed by atoms with van der Waals surface area (Å²) in [7, 11) is -3.80. The molecule has 1 N–H and O–H groups in total. The Morgan fingerprint density at radius 1 is 1.18 bits per heavy atom. The number of aliphatic hydroxyl groups excluding tert-OH is 1. The molecule has 0 radical (unpaired) electrons. The third-order valence-corrected chi connectivity index (χ3v) is 6.32. The molecule has 2 heterocycles. The smallest absolute Gasteiger partial charge is 0.410 e. The summed E-state index contributed by atoms with van der Waals surface area (Å²) in [5.74, 6) is -0.324. The van der Waals surface area contributed by atoms with E-state index in [1.807, 2.05) is 4.90 Å². The summed E-state index contributed by atoms with van der Waals surface area (Å²) in [6, 6.07) is 4.55. The van der Waals surface area contributed by atoms with Gasteiger partial charge in [-0.15, -0.1) is 0 Å². The molecule has 3 rings (SSSR count). The van der Waals surface area contributed by atoms with E-state index < -0.39 is 33.3 Å². The van der Waals surface area contributed by atoms with Gasteiger partial charge in [-0.3, -0.25) is 28.9 Å². The van der Waals surface area contributed by atoms with Crippen molar-refractivity contribution in [3.05, 3.63) is 39.9 Å². The van der Waals surface area contributed by atoms with Crippen molar-refractivity contribution in [1.29, 1.82) is 0 Å². The number of amides is 2. The molecule has 0 unspecified atom stereocenters. The van der Waals surface area contributed by atoms with E-state index in [9.17, 15) is 28.1 Å². The molecule has 2 amide bonds. The zero-order chi connectivity index (χ0) is 24.9. The molecule has 1 aromatic rings. The van der Waals surface area contributed by atoms with Gasteiger partial charge in [-0.05, 0) is 17.7 Å². The van der Waals surface area contributed by atoms with Gasteiger partial charge in [-0.1, -0.05) is 0 Å². The lowest BCUT2D eigenvalue weighted by Gasteiger charge is -2.36. The zero-order valence-corrected chi connectivity index (χ0v) is 19.6. The monoisotopic (exact) mass is 500 g/mol. The molecule has 0 saturated carbocycles. The molecule has 188 valence electrons. The molecular weight excluding hydrogens is 472 g/mol. The first-order valence-corrected chi connectivity index (χ1v) is 12.6. The minimum Gasteiger partial charge on any atom is -0.445 e. The molecule has 13 nitrogen and oxygen atoms in total. The van der Waals surface area contributed by atoms with Crippen LogP contribution in [0.25, 0.3) is 0 Å². The summed E-state index contributed by atoms with van der Waals surface area (Å²) in [6.45, 7) is 2.21. The number of piperazine rings is 1. The molecule has 0 spiro atoms. The number of benzene rings is 1. The molecule has 0 aliphatic carbocycles. The lowest BCUT2D eigenvalue weighted by molar-refractivity contribution is -0.384. The van der Waals surface area contributed by atoms with Crippen molar-refractivity contribution >= 4 is 27.8 Å². The Hall–Kier alpha value is -2.81. The number of likely N-dealkylation sites (tertiary alicyclic amines) is 1. The normalized spacial score (nSPS) is 21.5. The van der Waals surface area contributed by atoms with Crippen molar-refractivity contribution in [3.8, 4) is 0 Å². The van der Waals surface area contributed by atoms with Gasteiger partial charge >= 0.3 is 6.09 Å². The fourth-order valence-corrected chi connectivity index (χ4v) is 4.67. The van der Waals surface area contributed by atoms with Crippen molar-refractivity contribution in [2.75, 3.05) is 52.1 Å². The van der Waals surface area contributed by atoms with Crippen LogP contribution in [0.1, 0.15) is 12.0 Å². The van der Waals surface area contributed by atoms with Crippen LogP contribution in [0.5, 0.6) is 0 Å². The van der Waals surface area contributed by atoms with Crippen LogP contribution in [0, 0.1) is 10.1 Å². The molecule has 2 saturated heterocycles. The van der Waals surface area contributed by atoms with E-state index in [0.717, 1.165) is 6.26 Å². The van der Waals surface area contributed by atoms with Crippen molar-refractivity contribution in [1.82, 2.24) is 14.7 Å². The van der Waals surface area contributed by atoms with Crippen LogP contribution < -0.4 is 0 Å². The Labute approximate surface area is 197 Å². The van der Waals surface area contributed by atoms with E-state index in [1.54, 1.807) is 4.90 Å². The fraction of sp³-hybridized carbons (Fsp3) is 0.600. The number of non-ortho nitro benzene ring substituents is 1. The van der Waals surface area contributed by atoms with Gasteiger partial charge in [-0.2, -0.15) is 8.42 Å². The zero-order valence-electron chi connectivity index (χ0n) is 18.7. The summed E-state index contributed by atoms with van der Waals surface area (Å²) in [4.78, 5) is 41.1. The topological polar surface area (TPSA) is 160 Å². The second kappa shape index (κ2) is 11.1. The highest BCUT2D eigenvalue weighted by Crippen LogP contribution is 2.25. The Morgan fingerprint density at radius 2 is 1.82 bits per heavy atom. The number of hydrogen-bond acceptors (Lipinski definition) is 10. The predicted molar refractivity (Wildman–Crippen MR) is 118 cm³/mol. The Balaban J connectivity index is 1.66. The number of aliphatic hydroxyl groups is 1. The van der Waals surface area contributed by atoms with Crippen LogP contribution in [0.15, 0.2) is 24.3 Å². The summed E-state index contributed by atoms with van der Waals surface area (Å²) >= 11 is 0. The largest absolute Gasteiger partial charge is 0.445 e. The highest BCUT2D eigenvalue weighted by molar-refractivity contribution is 7.86. The molecule has 2 atom stereocenters. The van der Waals surface area contributed by atoms with E-state index in [1.165, 1.54) is 29.2 Å². The Bertz CT molecular complexity index is 994. The number of rotatable bonds is 8. The molecule has 34 heavy (non-hydrogen) atoms. The molecule has 2 aliphatic rings. The van der Waals surface area contributed by atoms with Gasteiger partial charge < -0.3 is 14.7 Å². The van der Waals surface area contributed by atoms with Crippen LogP contribution in [0.4, 0.5) is 10.5 Å². The average Bonchev–Trinajstić information content (AvgIpc) is 3.20. The second-order valence-corrected chi connectivity index (χ2v) is 9.80. The van der Waals surface area contributed by atoms with Crippen molar-refractivity contribution in [3.63, 3.8) is 0 Å². The number of β-amino-alcohol motifs (C(OH)–C–C–N with tert-alkyl or cyclic N) is 1. The minimum absolute atomic E-state index is 0.00931. The van der Waals surface area contributed by atoms with Crippen LogP contribution in [-0.4, -0.2) is 109 Å². The molecule has 1 aromatic carbocycles. The first kappa shape index (κ1) is 25.8. The summed E-state index contributed by atoms with van der Waals surface area (Å²) < 4.78 is 33.6. The Morgan fingerprint density at radius 3 is 2.38 bits per heavy atom. The standard InChI is InChI=1S/C20H28N4O9S/c1-34(30,31)33-17-12-18(19(26)22-8-6-21(7-9-22)10-11-25)23(13-17)20(27)32-14-15-2-4-16(5-3-15)24(28)29/h2-5,17-18,25H,6-14H2,1H3/t17-,18-/m0/s1. The van der Waals surface area contributed by atoms with E-state index in [4.69, 9.17) is 14.0 Å². The van der Waals surface area contributed by atoms with Gasteiger partial charge in [0.25, 0.3) is 15.8 Å². The second-order valence-electron chi connectivity index (χ2n) is 8.19. The van der Waals surface area contributed by atoms with E-state index >= 15 is 0 Å². The van der Waals surface area contributed by atoms with Crippen molar-refractivity contribution in [2.24, 2.45) is 0 Å². The number of nitro groups is 1. The number of carbonyl (C=O) groups excluding carboxylic acids is 2. The first-order valence-electron chi connectivity index (χ1n) is 10.7. The number of hydrogen-bond donors (Lipinski definition) is 1. The van der Waals surface area contributed by atoms with Crippen LogP contribution in [0.3, 0.4) is 0 Å². The van der Waals surface area contributed by atoms with Gasteiger partial charge in [-0.25, -0.2) is 4.79 Å². The number of nitro benzene ring substituents is 1. The van der Waals surface area contributed by atoms with Crippen molar-refractivity contribution in [2.45, 2.75) is 25.2 Å². The van der Waals surface area contributed by atoms with Crippen LogP contribution in [0.2, 0.25) is 0 Å². The molecular formula is C20H28N4O9S. The summed E-state index contributed by atoms with van der Waals surface area (Å²) in [6.07, 6.45) is -0.781. The number of ether oxygens (including phenoxy) is 1. The molecule has 2 aliphatic heterocycles. The maximum Gasteiger partial charge on any atom is 0.410 e. The molecule has 0 aromatic heterocycles. The lowest BCUT2D eigenvalue weighted by Crippen LogP contribution is -2.54. The fourth-order valence-electron chi connectivity index (χ4n) is 4.04. The molecule has 0 bridgehead atoms. The van der Waals surface area contributed by atoms with E-state index in [-0.39, 0.29) is 37.8 Å². The first-order chi connectivity index (χ1) is 16.1. The Kier molecular flexibility index (Phi) is 8.41. The van der Waals surface area contributed by atoms with E-state index in [2.05, 4.69) is 0 Å². The lowest BCUT2D eigenvalue weighted by atomic mass is 10.1. The molecule has 14 heteroatoms. The molecule has 2 fully saturated rings. The van der Waals surface area contributed by atoms with Gasteiger partial charge in [0.1, 0.15) is 12.6 Å². The third kappa shape index (κ3) is 6.85. The van der Waals surface area contributed by atoms with E-state index in [0.29, 0.717) is 38.3 Å². The van der Waals surface area contributed by atoms with Gasteiger partial charge in [0, 0.05) is 51.3 Å². The number of nitrogens with zero attached hydrogens (tertiary/aromatic N) is 4. The average molecular weight is 501 g/mol. The van der Waals surface area contributed by atoms with Crippen LogP contribution in [-0.2, 0) is 30.4 Å². The van der Waals surface area contributed by atoms with Crippen LogP contribution >= 0.6 is 0 Å². The number of carbonyl (C=O) groups is 2. The highest BCUT2D eigenvalue weighted by atomic mass is 32.2. The minimum atomic E-state index is -3.80. The summed E-state index contributed by atoms with van der Waals surface area (Å²) in [5, 5.41) is 19.9. The predicted octanol–water partition coefficient (Wildman–Crippen LogP) is -0.213. The van der Waals surface area contributed by atoms with Gasteiger partial charge in [0.15, 0.2) is 0 Å².